The van der Waals surface area contributed by atoms with Crippen molar-refractivity contribution in [1.29, 1.82) is 0 Å². The van der Waals surface area contributed by atoms with Gasteiger partial charge in [0.25, 0.3) is 0 Å². The highest BCUT2D eigenvalue weighted by molar-refractivity contribution is 5.19. The highest BCUT2D eigenvalue weighted by Gasteiger charge is 2.10. The second-order valence-electron chi connectivity index (χ2n) is 4.40. The molecule has 3 heteroatoms. The monoisotopic (exact) mass is 239 g/mol. The van der Waals surface area contributed by atoms with Gasteiger partial charge in [0.15, 0.2) is 0 Å². The van der Waals surface area contributed by atoms with Gasteiger partial charge in [-0.25, -0.2) is 8.78 Å². The summed E-state index contributed by atoms with van der Waals surface area (Å²) in [6, 6.07) is 3.83. The molecule has 1 atom stereocenters. The number of hydrogen-bond donors (Lipinski definition) is 1. The number of likely N-dealkylation sites (N-methyl/N-ethyl adjacent to an activating group) is 1. The molecule has 1 N–H and O–H groups in total. The molecule has 1 aromatic rings. The fraction of sp³-hybridized carbons (Fsp3) is 0.429. The molecule has 0 amide bonds. The van der Waals surface area contributed by atoms with E-state index >= 15 is 0 Å². The van der Waals surface area contributed by atoms with Crippen LogP contribution in [0.2, 0.25) is 0 Å². The van der Waals surface area contributed by atoms with Crippen LogP contribution >= 0.6 is 0 Å². The lowest BCUT2D eigenvalue weighted by atomic mass is 10.00. The lowest BCUT2D eigenvalue weighted by Crippen LogP contribution is -2.31. The molecule has 0 bridgehead atoms. The van der Waals surface area contributed by atoms with E-state index in [0.29, 0.717) is 12.0 Å². The highest BCUT2D eigenvalue weighted by atomic mass is 19.1. The lowest BCUT2D eigenvalue weighted by Gasteiger charge is -2.18. The molecule has 1 aromatic carbocycles. The van der Waals surface area contributed by atoms with Crippen molar-refractivity contribution in [2.75, 3.05) is 6.54 Å². The smallest absolute Gasteiger partial charge is 0.126 e. The minimum atomic E-state index is -0.523. The molecule has 0 aliphatic rings. The summed E-state index contributed by atoms with van der Waals surface area (Å²) in [5, 5.41) is 3.30. The molecule has 0 radical (unpaired) electrons. The largest absolute Gasteiger partial charge is 0.314 e. The van der Waals surface area contributed by atoms with Crippen molar-refractivity contribution in [3.05, 3.63) is 47.5 Å². The van der Waals surface area contributed by atoms with Gasteiger partial charge in [-0.3, -0.25) is 0 Å². The zero-order chi connectivity index (χ0) is 12.8. The third-order valence-corrected chi connectivity index (χ3v) is 2.49. The number of benzene rings is 1. The van der Waals surface area contributed by atoms with Crippen molar-refractivity contribution in [3.8, 4) is 0 Å². The molecule has 1 rings (SSSR count). The fourth-order valence-corrected chi connectivity index (χ4v) is 1.94. The first-order chi connectivity index (χ1) is 8.01. The number of rotatable bonds is 6. The van der Waals surface area contributed by atoms with Gasteiger partial charge >= 0.3 is 0 Å². The third kappa shape index (κ3) is 5.09. The first-order valence-corrected chi connectivity index (χ1v) is 5.84. The molecule has 0 heterocycles. The Morgan fingerprint density at radius 3 is 2.35 bits per heavy atom. The van der Waals surface area contributed by atoms with Crippen LogP contribution in [0.15, 0.2) is 30.4 Å². The summed E-state index contributed by atoms with van der Waals surface area (Å²) in [6.07, 6.45) is 1.42. The Morgan fingerprint density at radius 2 is 1.88 bits per heavy atom. The van der Waals surface area contributed by atoms with Gasteiger partial charge in [0.1, 0.15) is 11.6 Å². The van der Waals surface area contributed by atoms with Crippen LogP contribution in [0.25, 0.3) is 0 Å². The van der Waals surface area contributed by atoms with E-state index < -0.39 is 11.6 Å². The summed E-state index contributed by atoms with van der Waals surface area (Å²) in [6.45, 7) is 8.66. The molecule has 0 saturated heterocycles. The lowest BCUT2D eigenvalue weighted by molar-refractivity contribution is 0.514. The molecule has 1 nitrogen and oxygen atoms in total. The minimum absolute atomic E-state index is 0.179. The SMILES string of the molecule is C=C(C)CC(Cc1cc(F)cc(F)c1)NCC. The molecule has 0 spiro atoms. The van der Waals surface area contributed by atoms with Crippen LogP contribution in [0.1, 0.15) is 25.8 Å². The van der Waals surface area contributed by atoms with E-state index in [1.165, 1.54) is 12.1 Å². The molecular weight excluding hydrogens is 220 g/mol. The first-order valence-electron chi connectivity index (χ1n) is 5.84. The minimum Gasteiger partial charge on any atom is -0.314 e. The van der Waals surface area contributed by atoms with E-state index in [1.54, 1.807) is 0 Å². The Hall–Kier alpha value is -1.22. The third-order valence-electron chi connectivity index (χ3n) is 2.49. The van der Waals surface area contributed by atoms with Gasteiger partial charge in [-0.1, -0.05) is 12.5 Å². The molecule has 0 aliphatic heterocycles. The molecule has 94 valence electrons. The van der Waals surface area contributed by atoms with Gasteiger partial charge in [0, 0.05) is 12.1 Å². The van der Waals surface area contributed by atoms with Gasteiger partial charge in [-0.2, -0.15) is 0 Å². The van der Waals surface area contributed by atoms with Crippen molar-refractivity contribution >= 4 is 0 Å². The molecule has 0 fully saturated rings. The van der Waals surface area contributed by atoms with Crippen LogP contribution < -0.4 is 5.32 Å². The van der Waals surface area contributed by atoms with Gasteiger partial charge in [0.05, 0.1) is 0 Å². The van der Waals surface area contributed by atoms with Crippen molar-refractivity contribution in [3.63, 3.8) is 0 Å². The average Bonchev–Trinajstić information content (AvgIpc) is 2.14. The second kappa shape index (κ2) is 6.50. The fourth-order valence-electron chi connectivity index (χ4n) is 1.94. The van der Waals surface area contributed by atoms with E-state index in [0.717, 1.165) is 24.6 Å². The Bertz CT molecular complexity index is 368. The van der Waals surface area contributed by atoms with E-state index in [1.807, 2.05) is 13.8 Å². The molecular formula is C14H19F2N. The average molecular weight is 239 g/mol. The maximum Gasteiger partial charge on any atom is 0.126 e. The summed E-state index contributed by atoms with van der Waals surface area (Å²) < 4.78 is 26.1. The van der Waals surface area contributed by atoms with Crippen LogP contribution in [0, 0.1) is 11.6 Å². The standard InChI is InChI=1S/C14H19F2N/c1-4-17-14(5-10(2)3)8-11-6-12(15)9-13(16)7-11/h6-7,9,14,17H,2,4-5,8H2,1,3H3. The van der Waals surface area contributed by atoms with Gasteiger partial charge < -0.3 is 5.32 Å². The van der Waals surface area contributed by atoms with Crippen LogP contribution in [-0.2, 0) is 6.42 Å². The van der Waals surface area contributed by atoms with Crippen LogP contribution in [-0.4, -0.2) is 12.6 Å². The molecule has 0 aromatic heterocycles. The Labute approximate surface area is 102 Å². The predicted octanol–water partition coefficient (Wildman–Crippen LogP) is 3.45. The quantitative estimate of drug-likeness (QED) is 0.750. The number of hydrogen-bond acceptors (Lipinski definition) is 1. The van der Waals surface area contributed by atoms with Crippen molar-refractivity contribution in [2.24, 2.45) is 0 Å². The van der Waals surface area contributed by atoms with Crippen molar-refractivity contribution in [1.82, 2.24) is 5.32 Å². The van der Waals surface area contributed by atoms with E-state index in [-0.39, 0.29) is 6.04 Å². The summed E-state index contributed by atoms with van der Waals surface area (Å²) in [5.74, 6) is -1.05. The second-order valence-corrected chi connectivity index (χ2v) is 4.40. The van der Waals surface area contributed by atoms with Crippen molar-refractivity contribution in [2.45, 2.75) is 32.7 Å². The van der Waals surface area contributed by atoms with E-state index in [4.69, 9.17) is 0 Å². The maximum atomic E-state index is 13.0. The molecule has 17 heavy (non-hydrogen) atoms. The normalized spacial score (nSPS) is 12.5. The summed E-state index contributed by atoms with van der Waals surface area (Å²) in [5.41, 5.74) is 1.74. The van der Waals surface area contributed by atoms with E-state index in [9.17, 15) is 8.78 Å². The maximum absolute atomic E-state index is 13.0. The Kier molecular flexibility index (Phi) is 5.29. The summed E-state index contributed by atoms with van der Waals surface area (Å²) in [7, 11) is 0. The number of halogens is 2. The molecule has 0 aliphatic carbocycles. The first kappa shape index (κ1) is 13.8. The zero-order valence-corrected chi connectivity index (χ0v) is 10.4. The Balaban J connectivity index is 2.74. The van der Waals surface area contributed by atoms with Crippen LogP contribution in [0.5, 0.6) is 0 Å². The highest BCUT2D eigenvalue weighted by Crippen LogP contribution is 2.13. The number of nitrogens with one attached hydrogen (secondary N) is 1. The molecule has 0 saturated carbocycles. The predicted molar refractivity (Wildman–Crippen MR) is 67.0 cm³/mol. The Morgan fingerprint density at radius 1 is 1.29 bits per heavy atom. The van der Waals surface area contributed by atoms with Gasteiger partial charge in [0.2, 0.25) is 0 Å². The summed E-state index contributed by atoms with van der Waals surface area (Å²) >= 11 is 0. The topological polar surface area (TPSA) is 12.0 Å². The van der Waals surface area contributed by atoms with Gasteiger partial charge in [-0.05, 0) is 44.0 Å². The van der Waals surface area contributed by atoms with E-state index in [2.05, 4.69) is 11.9 Å². The summed E-state index contributed by atoms with van der Waals surface area (Å²) in [4.78, 5) is 0. The van der Waals surface area contributed by atoms with Crippen LogP contribution in [0.3, 0.4) is 0 Å². The molecule has 1 unspecified atom stereocenters. The van der Waals surface area contributed by atoms with Gasteiger partial charge in [-0.15, -0.1) is 6.58 Å². The van der Waals surface area contributed by atoms with Crippen molar-refractivity contribution < 1.29 is 8.78 Å². The zero-order valence-electron chi connectivity index (χ0n) is 10.4. The van der Waals surface area contributed by atoms with Crippen LogP contribution in [0.4, 0.5) is 8.78 Å².